The highest BCUT2D eigenvalue weighted by atomic mass is 16.7. The predicted molar refractivity (Wildman–Crippen MR) is 89.3 cm³/mol. The SMILES string of the molecule is CC=COCCC(CCCCCCCCC)C(OC)OC. The molecule has 0 bridgehead atoms. The molecule has 3 nitrogen and oxygen atoms in total. The lowest BCUT2D eigenvalue weighted by Crippen LogP contribution is -2.26. The van der Waals surface area contributed by atoms with Crippen LogP contribution in [0.1, 0.15) is 71.6 Å². The molecule has 3 heteroatoms. The quantitative estimate of drug-likeness (QED) is 0.233. The summed E-state index contributed by atoms with van der Waals surface area (Å²) in [5, 5.41) is 0. The van der Waals surface area contributed by atoms with E-state index in [9.17, 15) is 0 Å². The average Bonchev–Trinajstić information content (AvgIpc) is 2.51. The van der Waals surface area contributed by atoms with Crippen molar-refractivity contribution >= 4 is 0 Å². The van der Waals surface area contributed by atoms with E-state index in [0.29, 0.717) is 5.92 Å². The molecule has 0 saturated heterocycles. The molecular formula is C18H36O3. The van der Waals surface area contributed by atoms with Crippen molar-refractivity contribution in [2.75, 3.05) is 20.8 Å². The minimum atomic E-state index is -0.112. The van der Waals surface area contributed by atoms with Crippen LogP contribution in [-0.2, 0) is 14.2 Å². The molecule has 1 unspecified atom stereocenters. The van der Waals surface area contributed by atoms with E-state index < -0.39 is 0 Å². The highest BCUT2D eigenvalue weighted by molar-refractivity contribution is 4.68. The Kier molecular flexibility index (Phi) is 15.4. The fraction of sp³-hybridized carbons (Fsp3) is 0.889. The van der Waals surface area contributed by atoms with Gasteiger partial charge in [-0.1, -0.05) is 57.9 Å². The topological polar surface area (TPSA) is 27.7 Å². The third-order valence-corrected chi connectivity index (χ3v) is 3.87. The van der Waals surface area contributed by atoms with Crippen molar-refractivity contribution in [3.63, 3.8) is 0 Å². The van der Waals surface area contributed by atoms with Crippen molar-refractivity contribution < 1.29 is 14.2 Å². The highest BCUT2D eigenvalue weighted by Crippen LogP contribution is 2.21. The largest absolute Gasteiger partial charge is 0.502 e. The van der Waals surface area contributed by atoms with E-state index in [-0.39, 0.29) is 6.29 Å². The molecule has 21 heavy (non-hydrogen) atoms. The number of allylic oxidation sites excluding steroid dienone is 1. The number of hydrogen-bond donors (Lipinski definition) is 0. The first-order chi connectivity index (χ1) is 10.3. The summed E-state index contributed by atoms with van der Waals surface area (Å²) in [5.74, 6) is 0.417. The van der Waals surface area contributed by atoms with Crippen molar-refractivity contribution in [3.05, 3.63) is 12.3 Å². The molecule has 1 atom stereocenters. The Morgan fingerprint density at radius 3 is 2.05 bits per heavy atom. The van der Waals surface area contributed by atoms with Gasteiger partial charge in [0.1, 0.15) is 0 Å². The van der Waals surface area contributed by atoms with Gasteiger partial charge < -0.3 is 14.2 Å². The van der Waals surface area contributed by atoms with Gasteiger partial charge in [0, 0.05) is 20.1 Å². The summed E-state index contributed by atoms with van der Waals surface area (Å²) in [4.78, 5) is 0. The highest BCUT2D eigenvalue weighted by Gasteiger charge is 2.20. The zero-order chi connectivity index (χ0) is 15.8. The molecule has 0 radical (unpaired) electrons. The molecule has 0 aliphatic rings. The number of unbranched alkanes of at least 4 members (excludes halogenated alkanes) is 6. The van der Waals surface area contributed by atoms with Crippen LogP contribution in [0.5, 0.6) is 0 Å². The van der Waals surface area contributed by atoms with Crippen LogP contribution in [0.2, 0.25) is 0 Å². The summed E-state index contributed by atoms with van der Waals surface area (Å²) in [7, 11) is 3.44. The standard InChI is InChI=1S/C18H36O3/c1-5-7-8-9-10-11-12-13-17(18(19-3)20-4)14-16-21-15-6-2/h6,15,17-18H,5,7-14,16H2,1-4H3. The van der Waals surface area contributed by atoms with E-state index in [1.54, 1.807) is 20.5 Å². The maximum Gasteiger partial charge on any atom is 0.159 e. The lowest BCUT2D eigenvalue weighted by Gasteiger charge is -2.24. The van der Waals surface area contributed by atoms with E-state index in [2.05, 4.69) is 6.92 Å². The van der Waals surface area contributed by atoms with E-state index in [1.165, 1.54) is 44.9 Å². The zero-order valence-electron chi connectivity index (χ0n) is 14.6. The summed E-state index contributed by atoms with van der Waals surface area (Å²) in [6, 6.07) is 0. The van der Waals surface area contributed by atoms with Gasteiger partial charge in [-0.3, -0.25) is 0 Å². The second-order valence-corrected chi connectivity index (χ2v) is 5.64. The Morgan fingerprint density at radius 2 is 1.48 bits per heavy atom. The molecule has 0 aromatic carbocycles. The van der Waals surface area contributed by atoms with Crippen LogP contribution in [0.15, 0.2) is 12.3 Å². The van der Waals surface area contributed by atoms with E-state index in [4.69, 9.17) is 14.2 Å². The van der Waals surface area contributed by atoms with Gasteiger partial charge in [0.25, 0.3) is 0 Å². The van der Waals surface area contributed by atoms with E-state index >= 15 is 0 Å². The van der Waals surface area contributed by atoms with Crippen molar-refractivity contribution in [1.82, 2.24) is 0 Å². The average molecular weight is 300 g/mol. The maximum absolute atomic E-state index is 5.43. The number of ether oxygens (including phenoxy) is 3. The Morgan fingerprint density at radius 1 is 0.857 bits per heavy atom. The van der Waals surface area contributed by atoms with Crippen LogP contribution in [0.3, 0.4) is 0 Å². The summed E-state index contributed by atoms with van der Waals surface area (Å²) < 4.78 is 16.3. The molecule has 0 heterocycles. The fourth-order valence-electron chi connectivity index (χ4n) is 2.64. The van der Waals surface area contributed by atoms with Crippen molar-refractivity contribution in [1.29, 1.82) is 0 Å². The van der Waals surface area contributed by atoms with Gasteiger partial charge in [0.15, 0.2) is 6.29 Å². The van der Waals surface area contributed by atoms with Gasteiger partial charge in [-0.2, -0.15) is 0 Å². The van der Waals surface area contributed by atoms with Crippen LogP contribution >= 0.6 is 0 Å². The van der Waals surface area contributed by atoms with E-state index in [0.717, 1.165) is 19.4 Å². The molecule has 0 spiro atoms. The number of hydrogen-bond acceptors (Lipinski definition) is 3. The summed E-state index contributed by atoms with van der Waals surface area (Å²) in [6.07, 6.45) is 15.1. The van der Waals surface area contributed by atoms with Gasteiger partial charge in [-0.25, -0.2) is 0 Å². The second-order valence-electron chi connectivity index (χ2n) is 5.64. The first kappa shape index (κ1) is 20.5. The van der Waals surface area contributed by atoms with E-state index in [1.807, 2.05) is 13.0 Å². The van der Waals surface area contributed by atoms with Crippen LogP contribution < -0.4 is 0 Å². The number of rotatable bonds is 15. The number of methoxy groups -OCH3 is 2. The minimum absolute atomic E-state index is 0.112. The van der Waals surface area contributed by atoms with Crippen molar-refractivity contribution in [2.45, 2.75) is 77.9 Å². The van der Waals surface area contributed by atoms with Gasteiger partial charge in [-0.05, 0) is 19.8 Å². The summed E-state index contributed by atoms with van der Waals surface area (Å²) in [5.41, 5.74) is 0. The molecule has 0 rings (SSSR count). The molecule has 0 N–H and O–H groups in total. The van der Waals surface area contributed by atoms with Crippen LogP contribution in [0, 0.1) is 5.92 Å². The normalized spacial score (nSPS) is 13.2. The molecule has 0 aromatic heterocycles. The molecule has 0 aromatic rings. The van der Waals surface area contributed by atoms with Crippen LogP contribution in [0.4, 0.5) is 0 Å². The maximum atomic E-state index is 5.43. The molecule has 126 valence electrons. The molecule has 0 saturated carbocycles. The van der Waals surface area contributed by atoms with Gasteiger partial charge in [0.2, 0.25) is 0 Å². The van der Waals surface area contributed by atoms with Crippen LogP contribution in [0.25, 0.3) is 0 Å². The first-order valence-corrected chi connectivity index (χ1v) is 8.58. The molecule has 0 fully saturated rings. The predicted octanol–water partition coefficient (Wildman–Crippen LogP) is 5.30. The van der Waals surface area contributed by atoms with Gasteiger partial charge in [-0.15, -0.1) is 0 Å². The first-order valence-electron chi connectivity index (χ1n) is 8.58. The van der Waals surface area contributed by atoms with Gasteiger partial charge in [0.05, 0.1) is 12.9 Å². The lowest BCUT2D eigenvalue weighted by atomic mass is 9.96. The Labute approximate surface area is 132 Å². The Balaban J connectivity index is 3.87. The zero-order valence-corrected chi connectivity index (χ0v) is 14.6. The molecule has 0 amide bonds. The van der Waals surface area contributed by atoms with Crippen LogP contribution in [-0.4, -0.2) is 27.1 Å². The smallest absolute Gasteiger partial charge is 0.159 e. The molecule has 0 aliphatic carbocycles. The fourth-order valence-corrected chi connectivity index (χ4v) is 2.64. The summed E-state index contributed by atoms with van der Waals surface area (Å²) >= 11 is 0. The lowest BCUT2D eigenvalue weighted by molar-refractivity contribution is -0.142. The van der Waals surface area contributed by atoms with Crippen molar-refractivity contribution in [3.8, 4) is 0 Å². The summed E-state index contributed by atoms with van der Waals surface area (Å²) in [6.45, 7) is 4.95. The Hall–Kier alpha value is -0.540. The third-order valence-electron chi connectivity index (χ3n) is 3.87. The van der Waals surface area contributed by atoms with Crippen molar-refractivity contribution in [2.24, 2.45) is 5.92 Å². The third kappa shape index (κ3) is 11.8. The van der Waals surface area contributed by atoms with Gasteiger partial charge >= 0.3 is 0 Å². The second kappa shape index (κ2) is 15.8. The minimum Gasteiger partial charge on any atom is -0.502 e. The molecular weight excluding hydrogens is 264 g/mol. The monoisotopic (exact) mass is 300 g/mol. The molecule has 0 aliphatic heterocycles. The Bertz CT molecular complexity index is 225.